The van der Waals surface area contributed by atoms with Crippen molar-refractivity contribution in [1.82, 2.24) is 20.4 Å². The van der Waals surface area contributed by atoms with Gasteiger partial charge in [0.1, 0.15) is 5.60 Å². The Kier molecular flexibility index (Phi) is 7.55. The number of aryl methyl sites for hydroxylation is 1. The first-order chi connectivity index (χ1) is 10.7. The van der Waals surface area contributed by atoms with Gasteiger partial charge in [-0.2, -0.15) is 5.10 Å². The third-order valence-corrected chi connectivity index (χ3v) is 3.51. The molecule has 0 saturated carbocycles. The molecule has 0 radical (unpaired) electrons. The van der Waals surface area contributed by atoms with Crippen LogP contribution in [0.15, 0.2) is 12.4 Å². The number of aromatic nitrogens is 2. The summed E-state index contributed by atoms with van der Waals surface area (Å²) in [5.74, 6) is 0. The van der Waals surface area contributed by atoms with Gasteiger partial charge in [-0.15, -0.1) is 0 Å². The average molecular weight is 324 g/mol. The molecule has 0 aliphatic carbocycles. The fraction of sp³-hybridized carbons (Fsp3) is 0.765. The molecule has 0 fully saturated rings. The van der Waals surface area contributed by atoms with Gasteiger partial charge in [-0.3, -0.25) is 4.68 Å². The molecule has 0 bridgehead atoms. The lowest BCUT2D eigenvalue weighted by atomic mass is 10.1. The highest BCUT2D eigenvalue weighted by Crippen LogP contribution is 2.13. The maximum absolute atomic E-state index is 11.8. The summed E-state index contributed by atoms with van der Waals surface area (Å²) in [6.07, 6.45) is 6.77. The predicted molar refractivity (Wildman–Crippen MR) is 92.3 cm³/mol. The van der Waals surface area contributed by atoms with Gasteiger partial charge in [-0.25, -0.2) is 4.79 Å². The van der Waals surface area contributed by atoms with E-state index in [1.165, 1.54) is 0 Å². The summed E-state index contributed by atoms with van der Waals surface area (Å²) in [4.78, 5) is 11.8. The monoisotopic (exact) mass is 324 g/mol. The van der Waals surface area contributed by atoms with Crippen molar-refractivity contribution in [2.45, 2.75) is 71.6 Å². The molecule has 1 rings (SSSR count). The Bertz CT molecular complexity index is 479. The van der Waals surface area contributed by atoms with E-state index >= 15 is 0 Å². The molecule has 1 heterocycles. The van der Waals surface area contributed by atoms with Crippen LogP contribution in [0.3, 0.4) is 0 Å². The molecular formula is C17H32N4O2. The molecule has 0 aliphatic rings. The largest absolute Gasteiger partial charge is 0.444 e. The van der Waals surface area contributed by atoms with Crippen LogP contribution in [0.1, 0.15) is 65.5 Å². The van der Waals surface area contributed by atoms with E-state index in [1.807, 2.05) is 40.2 Å². The third-order valence-electron chi connectivity index (χ3n) is 3.51. The van der Waals surface area contributed by atoms with E-state index in [-0.39, 0.29) is 18.2 Å². The van der Waals surface area contributed by atoms with E-state index in [2.05, 4.69) is 29.6 Å². The number of amides is 1. The Morgan fingerprint density at radius 3 is 2.65 bits per heavy atom. The zero-order valence-electron chi connectivity index (χ0n) is 15.3. The molecule has 0 aliphatic heterocycles. The van der Waals surface area contributed by atoms with Crippen molar-refractivity contribution >= 4 is 6.09 Å². The van der Waals surface area contributed by atoms with E-state index in [1.54, 1.807) is 4.68 Å². The molecule has 0 saturated heterocycles. The smallest absolute Gasteiger partial charge is 0.407 e. The minimum absolute atomic E-state index is 0.186. The maximum atomic E-state index is 11.8. The number of nitrogens with one attached hydrogen (secondary N) is 2. The van der Waals surface area contributed by atoms with E-state index in [4.69, 9.17) is 4.74 Å². The lowest BCUT2D eigenvalue weighted by molar-refractivity contribution is 0.0521. The van der Waals surface area contributed by atoms with Crippen LogP contribution >= 0.6 is 0 Å². The zero-order valence-corrected chi connectivity index (χ0v) is 15.3. The minimum atomic E-state index is -0.473. The van der Waals surface area contributed by atoms with E-state index in [0.717, 1.165) is 24.8 Å². The Morgan fingerprint density at radius 2 is 2.13 bits per heavy atom. The fourth-order valence-corrected chi connectivity index (χ4v) is 2.33. The molecule has 0 spiro atoms. The number of carbonyl (C=O) groups excluding carboxylic acids is 1. The predicted octanol–water partition coefficient (Wildman–Crippen LogP) is 3.15. The molecule has 2 N–H and O–H groups in total. The summed E-state index contributed by atoms with van der Waals surface area (Å²) in [6, 6.07) is 0.392. The first kappa shape index (κ1) is 19.5. The van der Waals surface area contributed by atoms with Crippen LogP contribution in [0.4, 0.5) is 4.79 Å². The maximum Gasteiger partial charge on any atom is 0.407 e. The van der Waals surface area contributed by atoms with E-state index in [9.17, 15) is 4.79 Å². The standard InChI is InChI=1S/C17H32N4O2/c1-7-8-9-15(11-18-16(22)23-17(3,4)5)20-13(2)14-10-19-21(6)12-14/h10,12-13,15,20H,7-9,11H2,1-6H3,(H,18,22). The van der Waals surface area contributed by atoms with E-state index < -0.39 is 5.60 Å². The van der Waals surface area contributed by atoms with Crippen LogP contribution in [0, 0.1) is 0 Å². The average Bonchev–Trinajstić information content (AvgIpc) is 2.86. The van der Waals surface area contributed by atoms with Gasteiger partial charge < -0.3 is 15.4 Å². The number of hydrogen-bond acceptors (Lipinski definition) is 4. The topological polar surface area (TPSA) is 68.2 Å². The number of hydrogen-bond donors (Lipinski definition) is 2. The molecule has 2 atom stereocenters. The molecule has 1 aromatic heterocycles. The molecule has 23 heavy (non-hydrogen) atoms. The van der Waals surface area contributed by atoms with Gasteiger partial charge in [0.25, 0.3) is 0 Å². The normalized spacial score (nSPS) is 14.3. The highest BCUT2D eigenvalue weighted by Gasteiger charge is 2.19. The molecule has 1 aromatic rings. The van der Waals surface area contributed by atoms with Crippen LogP contribution in [-0.4, -0.2) is 34.1 Å². The zero-order chi connectivity index (χ0) is 17.5. The highest BCUT2D eigenvalue weighted by atomic mass is 16.6. The number of ether oxygens (including phenoxy) is 1. The highest BCUT2D eigenvalue weighted by molar-refractivity contribution is 5.67. The Morgan fingerprint density at radius 1 is 1.43 bits per heavy atom. The Balaban J connectivity index is 2.53. The Labute approximate surface area is 140 Å². The lowest BCUT2D eigenvalue weighted by Gasteiger charge is -2.25. The van der Waals surface area contributed by atoms with Gasteiger partial charge in [0.05, 0.1) is 6.20 Å². The van der Waals surface area contributed by atoms with Gasteiger partial charge in [0.15, 0.2) is 0 Å². The summed E-state index contributed by atoms with van der Waals surface area (Å²) < 4.78 is 7.09. The third kappa shape index (κ3) is 8.02. The van der Waals surface area contributed by atoms with Crippen LogP contribution in [0.2, 0.25) is 0 Å². The molecule has 2 unspecified atom stereocenters. The number of carbonyl (C=O) groups is 1. The van der Waals surface area contributed by atoms with Crippen LogP contribution in [-0.2, 0) is 11.8 Å². The summed E-state index contributed by atoms with van der Waals surface area (Å²) in [5, 5.41) is 10.7. The van der Waals surface area contributed by atoms with Gasteiger partial charge >= 0.3 is 6.09 Å². The van der Waals surface area contributed by atoms with Crippen molar-refractivity contribution in [3.05, 3.63) is 18.0 Å². The Hall–Kier alpha value is -1.56. The summed E-state index contributed by atoms with van der Waals surface area (Å²) in [7, 11) is 1.91. The lowest BCUT2D eigenvalue weighted by Crippen LogP contribution is -2.43. The summed E-state index contributed by atoms with van der Waals surface area (Å²) >= 11 is 0. The first-order valence-corrected chi connectivity index (χ1v) is 8.42. The second-order valence-corrected chi connectivity index (χ2v) is 7.06. The first-order valence-electron chi connectivity index (χ1n) is 8.42. The quantitative estimate of drug-likeness (QED) is 0.771. The van der Waals surface area contributed by atoms with Crippen LogP contribution in [0.25, 0.3) is 0 Å². The second kappa shape index (κ2) is 8.91. The van der Waals surface area contributed by atoms with Gasteiger partial charge in [-0.05, 0) is 34.1 Å². The SMILES string of the molecule is CCCCC(CNC(=O)OC(C)(C)C)NC(C)c1cnn(C)c1. The van der Waals surface area contributed by atoms with Gasteiger partial charge in [-0.1, -0.05) is 19.8 Å². The van der Waals surface area contributed by atoms with Crippen LogP contribution < -0.4 is 10.6 Å². The molecule has 1 amide bonds. The fourth-order valence-electron chi connectivity index (χ4n) is 2.33. The molecule has 6 heteroatoms. The number of nitrogens with zero attached hydrogens (tertiary/aromatic N) is 2. The number of unbranched alkanes of at least 4 members (excludes halogenated alkanes) is 1. The molecule has 6 nitrogen and oxygen atoms in total. The molecule has 0 aromatic carbocycles. The van der Waals surface area contributed by atoms with Crippen molar-refractivity contribution in [1.29, 1.82) is 0 Å². The van der Waals surface area contributed by atoms with Gasteiger partial charge in [0.2, 0.25) is 0 Å². The minimum Gasteiger partial charge on any atom is -0.444 e. The van der Waals surface area contributed by atoms with Crippen molar-refractivity contribution in [3.63, 3.8) is 0 Å². The van der Waals surface area contributed by atoms with Crippen molar-refractivity contribution in [2.24, 2.45) is 7.05 Å². The van der Waals surface area contributed by atoms with Crippen molar-refractivity contribution in [3.8, 4) is 0 Å². The van der Waals surface area contributed by atoms with Crippen LogP contribution in [0.5, 0.6) is 0 Å². The summed E-state index contributed by atoms with van der Waals surface area (Å²) in [6.45, 7) is 10.4. The number of rotatable bonds is 8. The number of alkyl carbamates (subject to hydrolysis) is 1. The van der Waals surface area contributed by atoms with Crippen molar-refractivity contribution < 1.29 is 9.53 Å². The summed E-state index contributed by atoms with van der Waals surface area (Å²) in [5.41, 5.74) is 0.672. The molecular weight excluding hydrogens is 292 g/mol. The van der Waals surface area contributed by atoms with Gasteiger partial charge in [0, 0.05) is 37.4 Å². The van der Waals surface area contributed by atoms with E-state index in [0.29, 0.717) is 6.54 Å². The second-order valence-electron chi connectivity index (χ2n) is 7.06. The van der Waals surface area contributed by atoms with Crippen molar-refractivity contribution in [2.75, 3.05) is 6.54 Å². The molecule has 132 valence electrons.